The number of aryl methyl sites for hydroxylation is 1. The molecule has 0 saturated heterocycles. The molecule has 1 spiro atoms. The van der Waals surface area contributed by atoms with Crippen LogP contribution in [0.25, 0.3) is 0 Å². The Kier molecular flexibility index (Phi) is 4.17. The molecular formula is C21H18N4O5. The van der Waals surface area contributed by atoms with Gasteiger partial charge in [-0.15, -0.1) is 0 Å². The van der Waals surface area contributed by atoms with Gasteiger partial charge in [0.05, 0.1) is 12.7 Å². The highest BCUT2D eigenvalue weighted by molar-refractivity contribution is 6.15. The number of nitriles is 1. The zero-order chi connectivity index (χ0) is 21.8. The topological polar surface area (TPSA) is 128 Å². The predicted octanol–water partition coefficient (Wildman–Crippen LogP) is 0.586. The number of anilines is 1. The standard InChI is InChI=1S/C21H18N4O5/c1-11-8-15-17(19(27)24(11)2)21(13(9-22)18(23)30-15)12-6-4-5-7-14(12)25(20(21)28)10-16(26)29-3/h4-8H,10,23H2,1-3H3. The Balaban J connectivity index is 2.15. The smallest absolute Gasteiger partial charge is 0.325 e. The molecule has 3 heterocycles. The third-order valence-corrected chi connectivity index (χ3v) is 5.64. The SMILES string of the molecule is COC(=O)CN1C(=O)C2(C(C#N)=C(N)Oc3cc(C)n(C)c(=O)c32)c2ccccc21. The van der Waals surface area contributed by atoms with Gasteiger partial charge in [0.1, 0.15) is 23.9 Å². The van der Waals surface area contributed by atoms with Crippen LogP contribution in [-0.2, 0) is 26.8 Å². The molecule has 9 heteroatoms. The molecule has 1 unspecified atom stereocenters. The maximum Gasteiger partial charge on any atom is 0.325 e. The number of carbonyl (C=O) groups is 2. The number of rotatable bonds is 2. The first-order valence-corrected chi connectivity index (χ1v) is 9.06. The Hall–Kier alpha value is -4.06. The number of esters is 1. The number of hydrogen-bond donors (Lipinski definition) is 1. The number of fused-ring (bicyclic) bond motifs is 4. The molecule has 1 atom stereocenters. The summed E-state index contributed by atoms with van der Waals surface area (Å²) in [4.78, 5) is 40.5. The normalized spacial score (nSPS) is 19.3. The summed E-state index contributed by atoms with van der Waals surface area (Å²) in [6, 6.07) is 10.2. The van der Waals surface area contributed by atoms with Crippen molar-refractivity contribution < 1.29 is 19.1 Å². The van der Waals surface area contributed by atoms with E-state index in [0.29, 0.717) is 16.9 Å². The van der Waals surface area contributed by atoms with Gasteiger partial charge in [0.25, 0.3) is 5.56 Å². The maximum absolute atomic E-state index is 13.9. The van der Waals surface area contributed by atoms with Crippen molar-refractivity contribution in [3.05, 3.63) is 69.0 Å². The molecule has 0 aliphatic carbocycles. The van der Waals surface area contributed by atoms with Crippen molar-refractivity contribution in [3.63, 3.8) is 0 Å². The van der Waals surface area contributed by atoms with E-state index >= 15 is 0 Å². The summed E-state index contributed by atoms with van der Waals surface area (Å²) in [5.74, 6) is -1.44. The fourth-order valence-electron chi connectivity index (χ4n) is 4.12. The second-order valence-electron chi connectivity index (χ2n) is 7.08. The van der Waals surface area contributed by atoms with Crippen LogP contribution >= 0.6 is 0 Å². The van der Waals surface area contributed by atoms with Crippen molar-refractivity contribution in [2.45, 2.75) is 12.3 Å². The highest BCUT2D eigenvalue weighted by Gasteiger charge is 2.60. The van der Waals surface area contributed by atoms with Crippen LogP contribution in [0.1, 0.15) is 16.8 Å². The molecule has 0 saturated carbocycles. The molecular weight excluding hydrogens is 388 g/mol. The second-order valence-corrected chi connectivity index (χ2v) is 7.08. The first-order chi connectivity index (χ1) is 14.3. The van der Waals surface area contributed by atoms with E-state index in [1.54, 1.807) is 44.3 Å². The molecule has 2 aromatic rings. The minimum absolute atomic E-state index is 0.00818. The lowest BCUT2D eigenvalue weighted by Crippen LogP contribution is -2.50. The van der Waals surface area contributed by atoms with Crippen molar-refractivity contribution in [2.75, 3.05) is 18.6 Å². The van der Waals surface area contributed by atoms with E-state index in [9.17, 15) is 19.6 Å². The lowest BCUT2D eigenvalue weighted by molar-refractivity contribution is -0.140. The number of hydrogen-bond acceptors (Lipinski definition) is 7. The van der Waals surface area contributed by atoms with Gasteiger partial charge in [-0.1, -0.05) is 18.2 Å². The van der Waals surface area contributed by atoms with Gasteiger partial charge in [-0.25, -0.2) is 0 Å². The van der Waals surface area contributed by atoms with E-state index in [1.165, 1.54) is 16.6 Å². The number of nitrogens with two attached hydrogens (primary N) is 1. The summed E-state index contributed by atoms with van der Waals surface area (Å²) < 4.78 is 11.7. The van der Waals surface area contributed by atoms with Gasteiger partial charge in [0, 0.05) is 30.1 Å². The number of pyridine rings is 1. The number of ether oxygens (including phenoxy) is 2. The maximum atomic E-state index is 13.9. The van der Waals surface area contributed by atoms with E-state index in [0.717, 1.165) is 0 Å². The van der Waals surface area contributed by atoms with Crippen molar-refractivity contribution in [3.8, 4) is 11.8 Å². The molecule has 2 aliphatic rings. The number of amides is 1. The Morgan fingerprint density at radius 2 is 2.03 bits per heavy atom. The van der Waals surface area contributed by atoms with Crippen LogP contribution < -0.4 is 20.9 Å². The molecule has 2 aliphatic heterocycles. The molecule has 0 bridgehead atoms. The van der Waals surface area contributed by atoms with Crippen LogP contribution in [0.3, 0.4) is 0 Å². The number of para-hydroxylation sites is 1. The Labute approximate surface area is 171 Å². The highest BCUT2D eigenvalue weighted by atomic mass is 16.5. The van der Waals surface area contributed by atoms with Gasteiger partial charge >= 0.3 is 5.97 Å². The average Bonchev–Trinajstić information content (AvgIpc) is 2.95. The van der Waals surface area contributed by atoms with Gasteiger partial charge in [-0.05, 0) is 13.0 Å². The number of carbonyl (C=O) groups excluding carboxylic acids is 2. The van der Waals surface area contributed by atoms with Gasteiger partial charge in [0.2, 0.25) is 11.8 Å². The fourth-order valence-corrected chi connectivity index (χ4v) is 4.12. The van der Waals surface area contributed by atoms with Gasteiger partial charge in [-0.3, -0.25) is 19.3 Å². The first kappa shape index (κ1) is 19.3. The number of methoxy groups -OCH3 is 1. The van der Waals surface area contributed by atoms with Crippen molar-refractivity contribution in [1.29, 1.82) is 5.26 Å². The summed E-state index contributed by atoms with van der Waals surface area (Å²) in [6.07, 6.45) is 0. The number of nitrogens with zero attached hydrogens (tertiary/aromatic N) is 3. The Bertz CT molecular complexity index is 1250. The van der Waals surface area contributed by atoms with Crippen molar-refractivity contribution >= 4 is 17.6 Å². The lowest BCUT2D eigenvalue weighted by Gasteiger charge is -2.34. The highest BCUT2D eigenvalue weighted by Crippen LogP contribution is 2.54. The molecule has 30 heavy (non-hydrogen) atoms. The van der Waals surface area contributed by atoms with E-state index in [1.807, 2.05) is 6.07 Å². The van der Waals surface area contributed by atoms with Crippen LogP contribution in [0.5, 0.6) is 5.75 Å². The second kappa shape index (κ2) is 6.49. The van der Waals surface area contributed by atoms with Crippen LogP contribution in [-0.4, -0.2) is 30.1 Å². The Morgan fingerprint density at radius 1 is 1.33 bits per heavy atom. The van der Waals surface area contributed by atoms with E-state index in [4.69, 9.17) is 15.2 Å². The van der Waals surface area contributed by atoms with Crippen LogP contribution in [0.15, 0.2) is 46.6 Å². The molecule has 1 aromatic carbocycles. The van der Waals surface area contributed by atoms with E-state index in [-0.39, 0.29) is 29.3 Å². The van der Waals surface area contributed by atoms with Gasteiger partial charge in [0.15, 0.2) is 5.41 Å². The fraction of sp³-hybridized carbons (Fsp3) is 0.238. The van der Waals surface area contributed by atoms with Crippen molar-refractivity contribution in [1.82, 2.24) is 4.57 Å². The third kappa shape index (κ3) is 2.24. The van der Waals surface area contributed by atoms with Crippen molar-refractivity contribution in [2.24, 2.45) is 12.8 Å². The number of benzene rings is 1. The molecule has 0 fully saturated rings. The molecule has 2 N–H and O–H groups in total. The third-order valence-electron chi connectivity index (χ3n) is 5.64. The summed E-state index contributed by atoms with van der Waals surface area (Å²) >= 11 is 0. The van der Waals surface area contributed by atoms with Gasteiger partial charge in [-0.2, -0.15) is 5.26 Å². The van der Waals surface area contributed by atoms with Gasteiger partial charge < -0.3 is 19.8 Å². The molecule has 1 aromatic heterocycles. The molecule has 0 radical (unpaired) electrons. The van der Waals surface area contributed by atoms with Crippen LogP contribution in [0, 0.1) is 18.3 Å². The van der Waals surface area contributed by atoms with Crippen LogP contribution in [0.2, 0.25) is 0 Å². The van der Waals surface area contributed by atoms with E-state index in [2.05, 4.69) is 0 Å². The zero-order valence-electron chi connectivity index (χ0n) is 16.6. The zero-order valence-corrected chi connectivity index (χ0v) is 16.6. The Morgan fingerprint density at radius 3 is 2.70 bits per heavy atom. The average molecular weight is 406 g/mol. The molecule has 9 nitrogen and oxygen atoms in total. The lowest BCUT2D eigenvalue weighted by atomic mass is 9.69. The summed E-state index contributed by atoms with van der Waals surface area (Å²) in [5.41, 5.74) is 4.90. The minimum atomic E-state index is -1.82. The first-order valence-electron chi connectivity index (χ1n) is 9.06. The molecule has 152 valence electrons. The summed E-state index contributed by atoms with van der Waals surface area (Å²) in [6.45, 7) is 1.33. The van der Waals surface area contributed by atoms with E-state index < -0.39 is 22.9 Å². The summed E-state index contributed by atoms with van der Waals surface area (Å²) in [7, 11) is 2.78. The largest absolute Gasteiger partial charge is 0.468 e. The monoisotopic (exact) mass is 406 g/mol. The summed E-state index contributed by atoms with van der Waals surface area (Å²) in [5, 5.41) is 9.95. The molecule has 1 amide bonds. The van der Waals surface area contributed by atoms with Crippen LogP contribution in [0.4, 0.5) is 5.69 Å². The number of aromatic nitrogens is 1. The quantitative estimate of drug-likeness (QED) is 0.723. The predicted molar refractivity (Wildman–Crippen MR) is 105 cm³/mol. The minimum Gasteiger partial charge on any atom is -0.468 e. The molecule has 4 rings (SSSR count).